The fraction of sp³-hybridized carbons (Fsp3) is 0.500. The van der Waals surface area contributed by atoms with E-state index in [0.29, 0.717) is 18.8 Å². The van der Waals surface area contributed by atoms with Crippen LogP contribution in [0.2, 0.25) is 0 Å². The van der Waals surface area contributed by atoms with Crippen LogP contribution >= 0.6 is 0 Å². The third-order valence-electron chi connectivity index (χ3n) is 3.45. The minimum absolute atomic E-state index is 0.254. The van der Waals surface area contributed by atoms with Crippen molar-refractivity contribution in [2.24, 2.45) is 0 Å². The summed E-state index contributed by atoms with van der Waals surface area (Å²) in [5.74, 6) is 0. The van der Waals surface area contributed by atoms with Crippen molar-refractivity contribution in [2.45, 2.75) is 32.4 Å². The SMILES string of the molecule is [C-]#[N+]c1ccc(N(C)C2CN(C(=O)OC(C)(C)C)C2)cc1. The third-order valence-corrected chi connectivity index (χ3v) is 3.45. The predicted molar refractivity (Wildman–Crippen MR) is 82.7 cm³/mol. The van der Waals surface area contributed by atoms with E-state index < -0.39 is 5.60 Å². The topological polar surface area (TPSA) is 37.1 Å². The molecule has 0 spiro atoms. The van der Waals surface area contributed by atoms with Gasteiger partial charge in [0, 0.05) is 25.8 Å². The lowest BCUT2D eigenvalue weighted by Gasteiger charge is -2.44. The highest BCUT2D eigenvalue weighted by atomic mass is 16.6. The van der Waals surface area contributed by atoms with Crippen LogP contribution in [0.1, 0.15) is 20.8 Å². The molecule has 1 aromatic rings. The number of hydrogen-bond donors (Lipinski definition) is 0. The quantitative estimate of drug-likeness (QED) is 0.783. The van der Waals surface area contributed by atoms with E-state index in [1.807, 2.05) is 52.1 Å². The van der Waals surface area contributed by atoms with Gasteiger partial charge in [-0.25, -0.2) is 9.64 Å². The minimum atomic E-state index is -0.455. The molecule has 0 aliphatic carbocycles. The maximum atomic E-state index is 11.9. The van der Waals surface area contributed by atoms with Gasteiger partial charge in [0.1, 0.15) is 5.60 Å². The van der Waals surface area contributed by atoms with E-state index in [2.05, 4.69) is 9.74 Å². The van der Waals surface area contributed by atoms with E-state index in [4.69, 9.17) is 11.3 Å². The van der Waals surface area contributed by atoms with E-state index >= 15 is 0 Å². The molecule has 0 bridgehead atoms. The smallest absolute Gasteiger partial charge is 0.410 e. The van der Waals surface area contributed by atoms with Crippen LogP contribution in [0.15, 0.2) is 24.3 Å². The van der Waals surface area contributed by atoms with Crippen molar-refractivity contribution in [3.63, 3.8) is 0 Å². The number of hydrogen-bond acceptors (Lipinski definition) is 3. The first-order valence-corrected chi connectivity index (χ1v) is 6.98. The molecule has 1 heterocycles. The zero-order chi connectivity index (χ0) is 15.6. The standard InChI is InChI=1S/C16H21N3O2/c1-16(2,3)21-15(20)19-10-14(11-19)18(5)13-8-6-12(17-4)7-9-13/h6-9,14H,10-11H2,1-3,5H3. The number of anilines is 1. The van der Waals surface area contributed by atoms with E-state index in [0.717, 1.165) is 5.69 Å². The number of benzene rings is 1. The van der Waals surface area contributed by atoms with Crippen molar-refractivity contribution in [3.8, 4) is 0 Å². The highest BCUT2D eigenvalue weighted by Gasteiger charge is 2.35. The van der Waals surface area contributed by atoms with Gasteiger partial charge in [-0.2, -0.15) is 0 Å². The van der Waals surface area contributed by atoms with Crippen LogP contribution in [0.4, 0.5) is 16.2 Å². The second-order valence-corrected chi connectivity index (χ2v) is 6.28. The Bertz CT molecular complexity index is 548. The average molecular weight is 287 g/mol. The summed E-state index contributed by atoms with van der Waals surface area (Å²) >= 11 is 0. The molecule has 1 amide bonds. The Balaban J connectivity index is 1.89. The molecule has 1 fully saturated rings. The highest BCUT2D eigenvalue weighted by Crippen LogP contribution is 2.25. The fourth-order valence-electron chi connectivity index (χ4n) is 2.15. The van der Waals surface area contributed by atoms with Gasteiger partial charge in [-0.1, -0.05) is 12.1 Å². The van der Waals surface area contributed by atoms with E-state index in [1.54, 1.807) is 4.90 Å². The Hall–Kier alpha value is -2.22. The molecule has 5 heteroatoms. The first-order chi connectivity index (χ1) is 9.80. The van der Waals surface area contributed by atoms with Crippen LogP contribution in [-0.2, 0) is 4.74 Å². The maximum Gasteiger partial charge on any atom is 0.410 e. The normalized spacial score (nSPS) is 15.1. The number of carbonyl (C=O) groups is 1. The number of rotatable bonds is 2. The Morgan fingerprint density at radius 2 is 1.90 bits per heavy atom. The molecular formula is C16H21N3O2. The van der Waals surface area contributed by atoms with Gasteiger partial charge in [0.25, 0.3) is 0 Å². The van der Waals surface area contributed by atoms with Gasteiger partial charge in [-0.05, 0) is 32.9 Å². The molecule has 0 radical (unpaired) electrons. The van der Waals surface area contributed by atoms with Crippen LogP contribution in [0.25, 0.3) is 4.85 Å². The van der Waals surface area contributed by atoms with Crippen LogP contribution in [0, 0.1) is 6.57 Å². The van der Waals surface area contributed by atoms with E-state index in [9.17, 15) is 4.79 Å². The van der Waals surface area contributed by atoms with Crippen molar-refractivity contribution in [3.05, 3.63) is 35.7 Å². The van der Waals surface area contributed by atoms with Crippen molar-refractivity contribution in [1.29, 1.82) is 0 Å². The molecule has 0 atom stereocenters. The molecule has 0 unspecified atom stereocenters. The Morgan fingerprint density at radius 3 is 2.38 bits per heavy atom. The number of nitrogens with zero attached hydrogens (tertiary/aromatic N) is 3. The second kappa shape index (κ2) is 5.65. The number of amides is 1. The summed E-state index contributed by atoms with van der Waals surface area (Å²) < 4.78 is 5.34. The van der Waals surface area contributed by atoms with Gasteiger partial charge in [0.15, 0.2) is 5.69 Å². The van der Waals surface area contributed by atoms with E-state index in [1.165, 1.54) is 0 Å². The monoisotopic (exact) mass is 287 g/mol. The first kappa shape index (κ1) is 15.2. The summed E-state index contributed by atoms with van der Waals surface area (Å²) in [5.41, 5.74) is 1.23. The van der Waals surface area contributed by atoms with Gasteiger partial charge in [-0.3, -0.25) is 0 Å². The average Bonchev–Trinajstić information content (AvgIpc) is 2.34. The maximum absolute atomic E-state index is 11.9. The summed E-state index contributed by atoms with van der Waals surface area (Å²) in [6.07, 6.45) is -0.254. The summed E-state index contributed by atoms with van der Waals surface area (Å²) in [6.45, 7) is 13.9. The molecule has 0 saturated carbocycles. The molecule has 21 heavy (non-hydrogen) atoms. The Morgan fingerprint density at radius 1 is 1.33 bits per heavy atom. The number of likely N-dealkylation sites (tertiary alicyclic amines) is 1. The van der Waals surface area contributed by atoms with Crippen LogP contribution < -0.4 is 4.90 Å². The van der Waals surface area contributed by atoms with Crippen molar-refractivity contribution in [2.75, 3.05) is 25.0 Å². The first-order valence-electron chi connectivity index (χ1n) is 6.98. The zero-order valence-electron chi connectivity index (χ0n) is 13.0. The Kier molecular flexibility index (Phi) is 4.08. The van der Waals surface area contributed by atoms with Gasteiger partial charge in [0.05, 0.1) is 12.6 Å². The largest absolute Gasteiger partial charge is 0.444 e. The highest BCUT2D eigenvalue weighted by molar-refractivity contribution is 5.70. The van der Waals surface area contributed by atoms with Gasteiger partial charge < -0.3 is 14.5 Å². The molecule has 1 aromatic carbocycles. The molecule has 0 aromatic heterocycles. The molecular weight excluding hydrogens is 266 g/mol. The summed E-state index contributed by atoms with van der Waals surface area (Å²) in [6, 6.07) is 7.77. The second-order valence-electron chi connectivity index (χ2n) is 6.28. The van der Waals surface area contributed by atoms with Crippen LogP contribution in [0.3, 0.4) is 0 Å². The molecule has 5 nitrogen and oxygen atoms in total. The molecule has 1 aliphatic heterocycles. The molecule has 0 N–H and O–H groups in total. The molecule has 1 aliphatic rings. The van der Waals surface area contributed by atoms with Crippen molar-refractivity contribution in [1.82, 2.24) is 4.90 Å². The van der Waals surface area contributed by atoms with Crippen molar-refractivity contribution < 1.29 is 9.53 Å². The summed E-state index contributed by atoms with van der Waals surface area (Å²) in [5, 5.41) is 0. The lowest BCUT2D eigenvalue weighted by Crippen LogP contribution is -2.61. The lowest BCUT2D eigenvalue weighted by atomic mass is 10.1. The van der Waals surface area contributed by atoms with Gasteiger partial charge >= 0.3 is 6.09 Å². The summed E-state index contributed by atoms with van der Waals surface area (Å²) in [4.78, 5) is 19.1. The van der Waals surface area contributed by atoms with E-state index in [-0.39, 0.29) is 12.1 Å². The number of ether oxygens (including phenoxy) is 1. The molecule has 1 saturated heterocycles. The molecule has 112 valence electrons. The fourth-order valence-corrected chi connectivity index (χ4v) is 2.15. The van der Waals surface area contributed by atoms with Gasteiger partial charge in [-0.15, -0.1) is 0 Å². The van der Waals surface area contributed by atoms with Crippen LogP contribution in [0.5, 0.6) is 0 Å². The van der Waals surface area contributed by atoms with Gasteiger partial charge in [0.2, 0.25) is 0 Å². The number of carbonyl (C=O) groups excluding carboxylic acids is 1. The zero-order valence-corrected chi connectivity index (χ0v) is 13.0. The number of likely N-dealkylation sites (N-methyl/N-ethyl adjacent to an activating group) is 1. The molecule has 2 rings (SSSR count). The predicted octanol–water partition coefficient (Wildman–Crippen LogP) is 3.29. The van der Waals surface area contributed by atoms with Crippen LogP contribution in [-0.4, -0.2) is 42.8 Å². The van der Waals surface area contributed by atoms with Crippen molar-refractivity contribution >= 4 is 17.5 Å². The summed E-state index contributed by atoms with van der Waals surface area (Å²) in [7, 11) is 2.00. The Labute approximate surface area is 125 Å². The third kappa shape index (κ3) is 3.66. The lowest BCUT2D eigenvalue weighted by molar-refractivity contribution is 0.00852. The minimum Gasteiger partial charge on any atom is -0.444 e.